The first-order chi connectivity index (χ1) is 9.49. The normalized spacial score (nSPS) is 11.7. The molecule has 4 heteroatoms. The summed E-state index contributed by atoms with van der Waals surface area (Å²) in [5.41, 5.74) is 11.6. The number of imidazole rings is 1. The van der Waals surface area contributed by atoms with Gasteiger partial charge in [-0.25, -0.2) is 4.98 Å². The van der Waals surface area contributed by atoms with Crippen LogP contribution in [0.5, 0.6) is 0 Å². The summed E-state index contributed by atoms with van der Waals surface area (Å²) in [7, 11) is 0. The summed E-state index contributed by atoms with van der Waals surface area (Å²) in [4.78, 5) is 5.91. The van der Waals surface area contributed by atoms with Gasteiger partial charge in [0.05, 0.1) is 21.6 Å². The monoisotopic (exact) mass is 285 g/mol. The van der Waals surface area contributed by atoms with Gasteiger partial charge in [0, 0.05) is 6.04 Å². The molecule has 104 valence electrons. The Balaban J connectivity index is 2.35. The number of aryl methyl sites for hydroxylation is 2. The van der Waals surface area contributed by atoms with E-state index in [4.69, 9.17) is 10.7 Å². The lowest BCUT2D eigenvalue weighted by Gasteiger charge is -2.12. The fourth-order valence-corrected chi connectivity index (χ4v) is 3.48. The molecule has 0 aliphatic rings. The number of fused-ring (bicyclic) bond motifs is 1. The van der Waals surface area contributed by atoms with Gasteiger partial charge in [0.2, 0.25) is 0 Å². The van der Waals surface area contributed by atoms with Crippen molar-refractivity contribution in [3.8, 4) is 10.7 Å². The summed E-state index contributed by atoms with van der Waals surface area (Å²) in [6.07, 6.45) is 0. The molecule has 2 aromatic heterocycles. The van der Waals surface area contributed by atoms with E-state index in [1.165, 1.54) is 11.1 Å². The molecule has 3 rings (SSSR count). The van der Waals surface area contributed by atoms with Crippen LogP contribution in [-0.2, 0) is 0 Å². The highest BCUT2D eigenvalue weighted by atomic mass is 32.1. The Kier molecular flexibility index (Phi) is 3.05. The molecule has 0 aliphatic carbocycles. The predicted molar refractivity (Wildman–Crippen MR) is 87.3 cm³/mol. The number of thiophene rings is 1. The molecule has 20 heavy (non-hydrogen) atoms. The van der Waals surface area contributed by atoms with Crippen LogP contribution in [0.1, 0.15) is 31.0 Å². The Bertz CT molecular complexity index is 780. The van der Waals surface area contributed by atoms with E-state index in [-0.39, 0.29) is 0 Å². The molecule has 0 bridgehead atoms. The number of rotatable bonds is 2. The molecular weight excluding hydrogens is 266 g/mol. The van der Waals surface area contributed by atoms with E-state index in [9.17, 15) is 0 Å². The molecule has 0 aliphatic heterocycles. The van der Waals surface area contributed by atoms with Crippen molar-refractivity contribution in [1.29, 1.82) is 0 Å². The summed E-state index contributed by atoms with van der Waals surface area (Å²) in [5, 5.41) is 2.10. The standard InChI is InChI=1S/C16H19N3S/c1-9(2)19-13-6-5-10(3)7-12(13)18-16(19)15-14(17)11(4)8-20-15/h5-9H,17H2,1-4H3. The second-order valence-corrected chi connectivity index (χ2v) is 6.43. The molecule has 2 heterocycles. The lowest BCUT2D eigenvalue weighted by Crippen LogP contribution is -2.03. The van der Waals surface area contributed by atoms with Crippen LogP contribution in [0.25, 0.3) is 21.7 Å². The Morgan fingerprint density at radius 3 is 2.60 bits per heavy atom. The lowest BCUT2D eigenvalue weighted by molar-refractivity contribution is 0.625. The first-order valence-electron chi connectivity index (χ1n) is 6.81. The van der Waals surface area contributed by atoms with Crippen molar-refractivity contribution in [2.24, 2.45) is 0 Å². The second-order valence-electron chi connectivity index (χ2n) is 5.55. The maximum atomic E-state index is 6.21. The van der Waals surface area contributed by atoms with E-state index in [1.54, 1.807) is 11.3 Å². The zero-order valence-electron chi connectivity index (χ0n) is 12.3. The number of nitrogen functional groups attached to an aromatic ring is 1. The zero-order chi connectivity index (χ0) is 14.4. The molecule has 0 saturated carbocycles. The molecule has 3 aromatic rings. The molecule has 0 atom stereocenters. The molecule has 2 N–H and O–H groups in total. The van der Waals surface area contributed by atoms with Crippen molar-refractivity contribution in [3.63, 3.8) is 0 Å². The summed E-state index contributed by atoms with van der Waals surface area (Å²) in [6.45, 7) is 8.50. The van der Waals surface area contributed by atoms with Crippen molar-refractivity contribution in [1.82, 2.24) is 9.55 Å². The minimum absolute atomic E-state index is 0.347. The number of nitrogens with zero attached hydrogens (tertiary/aromatic N) is 2. The van der Waals surface area contributed by atoms with Crippen LogP contribution < -0.4 is 5.73 Å². The Morgan fingerprint density at radius 2 is 2.00 bits per heavy atom. The van der Waals surface area contributed by atoms with Crippen molar-refractivity contribution in [2.45, 2.75) is 33.7 Å². The second kappa shape index (κ2) is 4.63. The summed E-state index contributed by atoms with van der Waals surface area (Å²) < 4.78 is 2.27. The van der Waals surface area contributed by atoms with Gasteiger partial charge in [-0.1, -0.05) is 6.07 Å². The summed E-state index contributed by atoms with van der Waals surface area (Å²) in [5.74, 6) is 0.983. The highest BCUT2D eigenvalue weighted by molar-refractivity contribution is 7.14. The average molecular weight is 285 g/mol. The number of nitrogens with two attached hydrogens (primary N) is 1. The maximum Gasteiger partial charge on any atom is 0.153 e. The number of benzene rings is 1. The highest BCUT2D eigenvalue weighted by Gasteiger charge is 2.18. The van der Waals surface area contributed by atoms with Crippen LogP contribution in [0.15, 0.2) is 23.6 Å². The third kappa shape index (κ3) is 1.91. The van der Waals surface area contributed by atoms with Gasteiger partial charge in [-0.15, -0.1) is 11.3 Å². The molecule has 0 amide bonds. The van der Waals surface area contributed by atoms with Gasteiger partial charge in [0.1, 0.15) is 0 Å². The summed E-state index contributed by atoms with van der Waals surface area (Å²) >= 11 is 1.67. The SMILES string of the molecule is Cc1ccc2c(c1)nc(-c1scc(C)c1N)n2C(C)C. The Morgan fingerprint density at radius 1 is 1.25 bits per heavy atom. The minimum atomic E-state index is 0.347. The van der Waals surface area contributed by atoms with E-state index < -0.39 is 0 Å². The molecule has 1 aromatic carbocycles. The number of hydrogen-bond donors (Lipinski definition) is 1. The van der Waals surface area contributed by atoms with Crippen molar-refractivity contribution in [2.75, 3.05) is 5.73 Å². The van der Waals surface area contributed by atoms with Gasteiger partial charge in [-0.2, -0.15) is 0 Å². The van der Waals surface area contributed by atoms with Gasteiger partial charge in [0.15, 0.2) is 5.82 Å². The van der Waals surface area contributed by atoms with E-state index >= 15 is 0 Å². The van der Waals surface area contributed by atoms with Gasteiger partial charge in [-0.3, -0.25) is 0 Å². The quantitative estimate of drug-likeness (QED) is 0.751. The van der Waals surface area contributed by atoms with Crippen molar-refractivity contribution in [3.05, 3.63) is 34.7 Å². The van der Waals surface area contributed by atoms with Crippen LogP contribution in [0.4, 0.5) is 5.69 Å². The Labute approximate surface area is 123 Å². The van der Waals surface area contributed by atoms with Crippen LogP contribution in [0, 0.1) is 13.8 Å². The molecular formula is C16H19N3S. The van der Waals surface area contributed by atoms with Gasteiger partial charge < -0.3 is 10.3 Å². The maximum absolute atomic E-state index is 6.21. The highest BCUT2D eigenvalue weighted by Crippen LogP contribution is 2.37. The third-order valence-corrected chi connectivity index (χ3v) is 4.70. The smallest absolute Gasteiger partial charge is 0.153 e. The summed E-state index contributed by atoms with van der Waals surface area (Å²) in [6, 6.07) is 6.77. The molecule has 0 radical (unpaired) electrons. The van der Waals surface area contributed by atoms with E-state index in [0.29, 0.717) is 6.04 Å². The van der Waals surface area contributed by atoms with Crippen molar-refractivity contribution >= 4 is 28.1 Å². The fourth-order valence-electron chi connectivity index (χ4n) is 2.52. The molecule has 0 saturated heterocycles. The third-order valence-electron chi connectivity index (χ3n) is 3.59. The van der Waals surface area contributed by atoms with Crippen molar-refractivity contribution < 1.29 is 0 Å². The number of hydrogen-bond acceptors (Lipinski definition) is 3. The molecule has 3 nitrogen and oxygen atoms in total. The average Bonchev–Trinajstić information content (AvgIpc) is 2.90. The van der Waals surface area contributed by atoms with Gasteiger partial charge in [0.25, 0.3) is 0 Å². The van der Waals surface area contributed by atoms with Crippen LogP contribution >= 0.6 is 11.3 Å². The van der Waals surface area contributed by atoms with Crippen LogP contribution in [0.2, 0.25) is 0 Å². The molecule has 0 fully saturated rings. The van der Waals surface area contributed by atoms with Crippen LogP contribution in [-0.4, -0.2) is 9.55 Å². The lowest BCUT2D eigenvalue weighted by atomic mass is 10.2. The number of anilines is 1. The first-order valence-corrected chi connectivity index (χ1v) is 7.69. The number of aromatic nitrogens is 2. The van der Waals surface area contributed by atoms with Crippen LogP contribution in [0.3, 0.4) is 0 Å². The van der Waals surface area contributed by atoms with E-state index in [2.05, 4.69) is 48.9 Å². The zero-order valence-corrected chi connectivity index (χ0v) is 13.1. The van der Waals surface area contributed by atoms with Gasteiger partial charge in [-0.05, 0) is 56.3 Å². The molecule has 0 spiro atoms. The Hall–Kier alpha value is -1.81. The van der Waals surface area contributed by atoms with Gasteiger partial charge >= 0.3 is 0 Å². The first kappa shape index (κ1) is 13.2. The predicted octanol–water partition coefficient (Wildman–Crippen LogP) is 4.54. The van der Waals surface area contributed by atoms with E-state index in [0.717, 1.165) is 27.5 Å². The largest absolute Gasteiger partial charge is 0.397 e. The topological polar surface area (TPSA) is 43.8 Å². The van der Waals surface area contributed by atoms with E-state index in [1.807, 2.05) is 6.92 Å². The fraction of sp³-hybridized carbons (Fsp3) is 0.312. The minimum Gasteiger partial charge on any atom is -0.397 e. The molecule has 0 unspecified atom stereocenters.